The second-order valence-corrected chi connectivity index (χ2v) is 7.46. The molecule has 0 saturated heterocycles. The van der Waals surface area contributed by atoms with E-state index in [0.29, 0.717) is 18.1 Å². The Hall–Kier alpha value is -3.52. The Bertz CT molecular complexity index is 1070. The van der Waals surface area contributed by atoms with Crippen molar-refractivity contribution in [3.05, 3.63) is 71.7 Å². The van der Waals surface area contributed by atoms with E-state index in [2.05, 4.69) is 22.2 Å². The summed E-state index contributed by atoms with van der Waals surface area (Å²) in [5, 5.41) is 12.8. The van der Waals surface area contributed by atoms with Gasteiger partial charge >= 0.3 is 6.03 Å². The van der Waals surface area contributed by atoms with Gasteiger partial charge in [0, 0.05) is 23.1 Å². The third-order valence-corrected chi connectivity index (χ3v) is 5.30. The lowest BCUT2D eigenvalue weighted by atomic mass is 10.1. The smallest absolute Gasteiger partial charge is 0.330 e. The monoisotopic (exact) mass is 421 g/mol. The van der Waals surface area contributed by atoms with Gasteiger partial charge in [-0.05, 0) is 55.3 Å². The van der Waals surface area contributed by atoms with Crippen LogP contribution in [0.15, 0.2) is 54.7 Å². The largest absolute Gasteiger partial charge is 0.394 e. The molecular formula is C23H24FN5O2. The molecule has 0 aliphatic carbocycles. The molecule has 1 atom stereocenters. The first-order valence-electron chi connectivity index (χ1n) is 10.2. The Labute approximate surface area is 180 Å². The Kier molecular flexibility index (Phi) is 5.81. The number of nitrogens with zero attached hydrogens (tertiary/aromatic N) is 4. The summed E-state index contributed by atoms with van der Waals surface area (Å²) in [6.07, 6.45) is 2.59. The number of aliphatic hydroxyl groups is 1. The molecule has 0 unspecified atom stereocenters. The molecule has 31 heavy (non-hydrogen) atoms. The number of benzene rings is 2. The second-order valence-electron chi connectivity index (χ2n) is 7.46. The molecule has 0 bridgehead atoms. The first-order valence-corrected chi connectivity index (χ1v) is 10.2. The van der Waals surface area contributed by atoms with E-state index in [4.69, 9.17) is 0 Å². The van der Waals surface area contributed by atoms with Crippen LogP contribution in [0.3, 0.4) is 0 Å². The number of aryl methyl sites for hydroxylation is 1. The molecule has 2 heterocycles. The molecule has 0 saturated carbocycles. The van der Waals surface area contributed by atoms with Crippen molar-refractivity contribution in [2.45, 2.75) is 32.9 Å². The van der Waals surface area contributed by atoms with Gasteiger partial charge < -0.3 is 10.4 Å². The minimum atomic E-state index is -0.475. The number of urea groups is 1. The SMILES string of the molecule is CCc1ccc(N2Cc3cnc(Nc4ccc(F)cc4)nc3N([C@H](C)CO)C2=O)cc1. The zero-order valence-electron chi connectivity index (χ0n) is 17.4. The normalized spacial score (nSPS) is 14.4. The third kappa shape index (κ3) is 4.20. The molecule has 2 N–H and O–H groups in total. The number of amides is 2. The van der Waals surface area contributed by atoms with Gasteiger partial charge in [0.15, 0.2) is 0 Å². The van der Waals surface area contributed by atoms with Crippen LogP contribution < -0.4 is 15.1 Å². The van der Waals surface area contributed by atoms with Gasteiger partial charge in [0.1, 0.15) is 11.6 Å². The number of anilines is 4. The van der Waals surface area contributed by atoms with Crippen molar-refractivity contribution in [1.82, 2.24) is 9.97 Å². The van der Waals surface area contributed by atoms with Crippen LogP contribution >= 0.6 is 0 Å². The van der Waals surface area contributed by atoms with E-state index in [1.54, 1.807) is 30.2 Å². The van der Waals surface area contributed by atoms with Gasteiger partial charge in [-0.1, -0.05) is 19.1 Å². The quantitative estimate of drug-likeness (QED) is 0.622. The highest BCUT2D eigenvalue weighted by Gasteiger charge is 2.35. The minimum absolute atomic E-state index is 0.210. The van der Waals surface area contributed by atoms with E-state index >= 15 is 0 Å². The fourth-order valence-electron chi connectivity index (χ4n) is 3.49. The van der Waals surface area contributed by atoms with E-state index < -0.39 is 6.04 Å². The molecule has 0 spiro atoms. The lowest BCUT2D eigenvalue weighted by molar-refractivity contribution is 0.234. The van der Waals surface area contributed by atoms with Crippen LogP contribution in [0.25, 0.3) is 0 Å². The fourth-order valence-corrected chi connectivity index (χ4v) is 3.49. The minimum Gasteiger partial charge on any atom is -0.394 e. The molecule has 7 nitrogen and oxygen atoms in total. The van der Waals surface area contributed by atoms with Crippen LogP contribution in [0.4, 0.5) is 32.3 Å². The first kappa shape index (κ1) is 20.7. The van der Waals surface area contributed by atoms with E-state index in [1.165, 1.54) is 22.6 Å². The first-order chi connectivity index (χ1) is 15.0. The van der Waals surface area contributed by atoms with E-state index in [-0.39, 0.29) is 24.4 Å². The van der Waals surface area contributed by atoms with Gasteiger partial charge in [0.25, 0.3) is 0 Å². The Morgan fingerprint density at radius 3 is 2.52 bits per heavy atom. The van der Waals surface area contributed by atoms with Crippen molar-refractivity contribution in [3.8, 4) is 0 Å². The van der Waals surface area contributed by atoms with Crippen LogP contribution in [-0.2, 0) is 13.0 Å². The predicted molar refractivity (Wildman–Crippen MR) is 118 cm³/mol. The fraction of sp³-hybridized carbons (Fsp3) is 0.261. The van der Waals surface area contributed by atoms with Crippen LogP contribution in [0, 0.1) is 5.82 Å². The van der Waals surface area contributed by atoms with Gasteiger partial charge in [-0.3, -0.25) is 9.80 Å². The molecule has 0 radical (unpaired) electrons. The van der Waals surface area contributed by atoms with Crippen LogP contribution in [0.1, 0.15) is 25.0 Å². The van der Waals surface area contributed by atoms with Gasteiger partial charge in [0.2, 0.25) is 5.95 Å². The average Bonchev–Trinajstić information content (AvgIpc) is 2.80. The molecular weight excluding hydrogens is 397 g/mol. The number of rotatable bonds is 6. The average molecular weight is 421 g/mol. The maximum atomic E-state index is 13.4. The number of nitrogens with one attached hydrogen (secondary N) is 1. The summed E-state index contributed by atoms with van der Waals surface area (Å²) in [6.45, 7) is 3.96. The zero-order valence-corrected chi connectivity index (χ0v) is 17.4. The molecule has 1 aliphatic heterocycles. The Morgan fingerprint density at radius 1 is 1.16 bits per heavy atom. The number of aliphatic hydroxyl groups excluding tert-OH is 1. The summed E-state index contributed by atoms with van der Waals surface area (Å²) in [7, 11) is 0. The number of carbonyl (C=O) groups is 1. The Morgan fingerprint density at radius 2 is 1.87 bits per heavy atom. The van der Waals surface area contributed by atoms with E-state index in [9.17, 15) is 14.3 Å². The number of aromatic nitrogens is 2. The van der Waals surface area contributed by atoms with Crippen molar-refractivity contribution >= 4 is 29.2 Å². The maximum Gasteiger partial charge on any atom is 0.330 e. The number of fused-ring (bicyclic) bond motifs is 1. The number of hydrogen-bond donors (Lipinski definition) is 2. The highest BCUT2D eigenvalue weighted by Crippen LogP contribution is 2.32. The van der Waals surface area contributed by atoms with E-state index in [0.717, 1.165) is 17.7 Å². The highest BCUT2D eigenvalue weighted by atomic mass is 19.1. The molecule has 8 heteroatoms. The van der Waals surface area contributed by atoms with Gasteiger partial charge in [-0.15, -0.1) is 0 Å². The standard InChI is InChI=1S/C23H24FN5O2/c1-3-16-4-10-20(11-5-16)28-13-17-12-25-22(26-19-8-6-18(24)7-9-19)27-21(17)29(23(28)31)15(2)14-30/h4-12,15,30H,3,13-14H2,1-2H3,(H,25,26,27)/t15-/m1/s1. The highest BCUT2D eigenvalue weighted by molar-refractivity contribution is 6.05. The summed E-state index contributed by atoms with van der Waals surface area (Å²) < 4.78 is 13.2. The summed E-state index contributed by atoms with van der Waals surface area (Å²) in [6, 6.07) is 13.0. The molecule has 4 rings (SSSR count). The summed E-state index contributed by atoms with van der Waals surface area (Å²) in [4.78, 5) is 25.4. The molecule has 1 aliphatic rings. The second kappa shape index (κ2) is 8.69. The van der Waals surface area contributed by atoms with Gasteiger partial charge in [-0.25, -0.2) is 14.2 Å². The molecule has 2 aromatic carbocycles. The maximum absolute atomic E-state index is 13.4. The summed E-state index contributed by atoms with van der Waals surface area (Å²) >= 11 is 0. The van der Waals surface area contributed by atoms with Gasteiger partial charge in [0.05, 0.1) is 19.2 Å². The molecule has 0 fully saturated rings. The van der Waals surface area contributed by atoms with Crippen molar-refractivity contribution < 1.29 is 14.3 Å². The summed E-state index contributed by atoms with van der Waals surface area (Å²) in [5.74, 6) is 0.402. The number of hydrogen-bond acceptors (Lipinski definition) is 5. The zero-order chi connectivity index (χ0) is 22.0. The number of halogens is 1. The lowest BCUT2D eigenvalue weighted by Gasteiger charge is -2.38. The van der Waals surface area contributed by atoms with Crippen LogP contribution in [-0.4, -0.2) is 33.8 Å². The molecule has 1 aromatic heterocycles. The van der Waals surface area contributed by atoms with Gasteiger partial charge in [-0.2, -0.15) is 4.98 Å². The predicted octanol–water partition coefficient (Wildman–Crippen LogP) is 4.25. The molecule has 3 aromatic rings. The number of carbonyl (C=O) groups excluding carboxylic acids is 1. The third-order valence-electron chi connectivity index (χ3n) is 5.30. The van der Waals surface area contributed by atoms with Crippen molar-refractivity contribution in [1.29, 1.82) is 0 Å². The lowest BCUT2D eigenvalue weighted by Crippen LogP contribution is -2.52. The van der Waals surface area contributed by atoms with Crippen molar-refractivity contribution in [2.24, 2.45) is 0 Å². The molecule has 2 amide bonds. The van der Waals surface area contributed by atoms with Crippen molar-refractivity contribution in [2.75, 3.05) is 21.7 Å². The van der Waals surface area contributed by atoms with Crippen LogP contribution in [0.5, 0.6) is 0 Å². The Balaban J connectivity index is 1.68. The topological polar surface area (TPSA) is 81.6 Å². The van der Waals surface area contributed by atoms with E-state index in [1.807, 2.05) is 24.3 Å². The molecule has 160 valence electrons. The van der Waals surface area contributed by atoms with Crippen molar-refractivity contribution in [3.63, 3.8) is 0 Å². The van der Waals surface area contributed by atoms with Crippen LogP contribution in [0.2, 0.25) is 0 Å². The summed E-state index contributed by atoms with van der Waals surface area (Å²) in [5.41, 5.74) is 3.36.